The van der Waals surface area contributed by atoms with Crippen LogP contribution in [0.4, 0.5) is 10.1 Å². The van der Waals surface area contributed by atoms with E-state index in [4.69, 9.17) is 4.74 Å². The van der Waals surface area contributed by atoms with Gasteiger partial charge in [-0.2, -0.15) is 0 Å². The van der Waals surface area contributed by atoms with Crippen molar-refractivity contribution < 1.29 is 13.9 Å². The van der Waals surface area contributed by atoms with Crippen molar-refractivity contribution in [1.29, 1.82) is 0 Å². The number of carbonyl (C=O) groups is 1. The molecule has 1 aliphatic heterocycles. The molecular formula is C11H13FN2O2. The van der Waals surface area contributed by atoms with Crippen LogP contribution in [-0.2, 0) is 4.74 Å². The molecule has 1 aromatic heterocycles. The number of rotatable bonds is 2. The highest BCUT2D eigenvalue weighted by atomic mass is 19.1. The molecule has 0 bridgehead atoms. The number of carbonyl (C=O) groups excluding carboxylic acids is 1. The lowest BCUT2D eigenvalue weighted by atomic mass is 10.2. The molecule has 16 heavy (non-hydrogen) atoms. The molecule has 4 nitrogen and oxygen atoms in total. The smallest absolute Gasteiger partial charge is 0.180 e. The maximum absolute atomic E-state index is 13.1. The first kappa shape index (κ1) is 11.0. The fraction of sp³-hybridized carbons (Fsp3) is 0.455. The zero-order valence-electron chi connectivity index (χ0n) is 9.07. The van der Waals surface area contributed by atoms with Gasteiger partial charge in [-0.25, -0.2) is 9.37 Å². The molecule has 1 fully saturated rings. The molecule has 2 rings (SSSR count). The van der Waals surface area contributed by atoms with Gasteiger partial charge in [0, 0.05) is 26.1 Å². The number of ether oxygens (including phenoxy) is 1. The highest BCUT2D eigenvalue weighted by Gasteiger charge is 2.18. The quantitative estimate of drug-likeness (QED) is 0.709. The Morgan fingerprint density at radius 3 is 2.81 bits per heavy atom. The van der Waals surface area contributed by atoms with Crippen molar-refractivity contribution in [3.05, 3.63) is 23.8 Å². The van der Waals surface area contributed by atoms with Crippen LogP contribution in [-0.4, -0.2) is 37.1 Å². The van der Waals surface area contributed by atoms with Crippen LogP contribution >= 0.6 is 0 Å². The Balaban J connectivity index is 2.36. The molecule has 1 aromatic rings. The predicted octanol–water partition coefficient (Wildman–Crippen LogP) is 1.26. The number of morpholine rings is 1. The molecule has 5 heteroatoms. The lowest BCUT2D eigenvalue weighted by Crippen LogP contribution is -2.37. The van der Waals surface area contributed by atoms with Crippen molar-refractivity contribution in [3.63, 3.8) is 0 Å². The van der Waals surface area contributed by atoms with Gasteiger partial charge in [-0.05, 0) is 0 Å². The summed E-state index contributed by atoms with van der Waals surface area (Å²) < 4.78 is 18.3. The van der Waals surface area contributed by atoms with Crippen molar-refractivity contribution >= 4 is 11.5 Å². The molecule has 1 saturated heterocycles. The topological polar surface area (TPSA) is 42.4 Å². The molecule has 0 N–H and O–H groups in total. The average molecular weight is 224 g/mol. The van der Waals surface area contributed by atoms with Gasteiger partial charge < -0.3 is 9.64 Å². The summed E-state index contributed by atoms with van der Waals surface area (Å²) in [6, 6.07) is 1.36. The molecular weight excluding hydrogens is 211 g/mol. The fourth-order valence-corrected chi connectivity index (χ4v) is 1.75. The Morgan fingerprint density at radius 2 is 2.19 bits per heavy atom. The second kappa shape index (κ2) is 4.57. The maximum atomic E-state index is 13.1. The third-order valence-corrected chi connectivity index (χ3v) is 2.52. The predicted molar refractivity (Wildman–Crippen MR) is 57.2 cm³/mol. The molecule has 0 aromatic carbocycles. The number of nitrogens with zero attached hydrogens (tertiary/aromatic N) is 2. The van der Waals surface area contributed by atoms with Gasteiger partial charge in [0.15, 0.2) is 5.78 Å². The normalized spacial score (nSPS) is 16.2. The first-order valence-electron chi connectivity index (χ1n) is 5.17. The van der Waals surface area contributed by atoms with Crippen LogP contribution < -0.4 is 4.90 Å². The number of Topliss-reactive ketones (excluding diaryl/α,β-unsaturated/α-hetero) is 1. The first-order chi connectivity index (χ1) is 7.68. The Kier molecular flexibility index (Phi) is 3.14. The minimum Gasteiger partial charge on any atom is -0.378 e. The van der Waals surface area contributed by atoms with Crippen molar-refractivity contribution in [2.24, 2.45) is 0 Å². The summed E-state index contributed by atoms with van der Waals surface area (Å²) in [5.41, 5.74) is 0.888. The third kappa shape index (κ3) is 2.19. The van der Waals surface area contributed by atoms with Crippen LogP contribution in [0.15, 0.2) is 12.3 Å². The number of aromatic nitrogens is 1. The molecule has 2 heterocycles. The SMILES string of the molecule is CC(=O)c1ncc(F)cc1N1CCOCC1. The molecule has 0 saturated carbocycles. The molecule has 0 unspecified atom stereocenters. The Morgan fingerprint density at radius 1 is 1.50 bits per heavy atom. The Hall–Kier alpha value is -1.49. The van der Waals surface area contributed by atoms with Gasteiger partial charge >= 0.3 is 0 Å². The number of anilines is 1. The van der Waals surface area contributed by atoms with E-state index in [1.54, 1.807) is 0 Å². The summed E-state index contributed by atoms with van der Waals surface area (Å²) in [6.07, 6.45) is 1.07. The minimum absolute atomic E-state index is 0.151. The standard InChI is InChI=1S/C11H13FN2O2/c1-8(15)11-10(6-9(12)7-13-11)14-2-4-16-5-3-14/h6-7H,2-5H2,1H3. The third-order valence-electron chi connectivity index (χ3n) is 2.52. The number of pyridine rings is 1. The van der Waals surface area contributed by atoms with Gasteiger partial charge in [-0.15, -0.1) is 0 Å². The van der Waals surface area contributed by atoms with Crippen LogP contribution in [0.5, 0.6) is 0 Å². The highest BCUT2D eigenvalue weighted by Crippen LogP contribution is 2.21. The van der Waals surface area contributed by atoms with E-state index in [1.807, 2.05) is 4.90 Å². The average Bonchev–Trinajstić information content (AvgIpc) is 2.29. The highest BCUT2D eigenvalue weighted by molar-refractivity contribution is 5.97. The number of hydrogen-bond donors (Lipinski definition) is 0. The maximum Gasteiger partial charge on any atom is 0.180 e. The van der Waals surface area contributed by atoms with E-state index < -0.39 is 5.82 Å². The van der Waals surface area contributed by atoms with Gasteiger partial charge in [0.1, 0.15) is 11.5 Å². The summed E-state index contributed by atoms with van der Waals surface area (Å²) in [6.45, 7) is 3.93. The zero-order chi connectivity index (χ0) is 11.5. The second-order valence-electron chi connectivity index (χ2n) is 3.68. The van der Waals surface area contributed by atoms with Crippen LogP contribution in [0.25, 0.3) is 0 Å². The number of hydrogen-bond acceptors (Lipinski definition) is 4. The summed E-state index contributed by atoms with van der Waals surface area (Å²) in [7, 11) is 0. The molecule has 1 aliphatic rings. The van der Waals surface area contributed by atoms with E-state index in [0.29, 0.717) is 37.7 Å². The minimum atomic E-state index is -0.425. The van der Waals surface area contributed by atoms with Gasteiger partial charge in [0.25, 0.3) is 0 Å². The van der Waals surface area contributed by atoms with Crippen molar-refractivity contribution in [2.75, 3.05) is 31.2 Å². The number of halogens is 1. The van der Waals surface area contributed by atoms with Crippen molar-refractivity contribution in [2.45, 2.75) is 6.92 Å². The van der Waals surface area contributed by atoms with Gasteiger partial charge in [-0.3, -0.25) is 4.79 Å². The van der Waals surface area contributed by atoms with E-state index in [1.165, 1.54) is 13.0 Å². The van der Waals surface area contributed by atoms with Crippen LogP contribution in [0.1, 0.15) is 17.4 Å². The molecule has 0 atom stereocenters. The Labute approximate surface area is 93.0 Å². The van der Waals surface area contributed by atoms with E-state index in [2.05, 4.69) is 4.98 Å². The Bertz CT molecular complexity index is 403. The van der Waals surface area contributed by atoms with Crippen LogP contribution in [0, 0.1) is 5.82 Å². The lowest BCUT2D eigenvalue weighted by Gasteiger charge is -2.29. The van der Waals surface area contributed by atoms with Crippen molar-refractivity contribution in [3.8, 4) is 0 Å². The van der Waals surface area contributed by atoms with E-state index in [0.717, 1.165) is 6.20 Å². The van der Waals surface area contributed by atoms with Gasteiger partial charge in [0.05, 0.1) is 25.1 Å². The zero-order valence-corrected chi connectivity index (χ0v) is 9.07. The molecule has 0 aliphatic carbocycles. The van der Waals surface area contributed by atoms with Crippen LogP contribution in [0.3, 0.4) is 0 Å². The second-order valence-corrected chi connectivity index (χ2v) is 3.68. The van der Waals surface area contributed by atoms with Gasteiger partial charge in [0.2, 0.25) is 0 Å². The van der Waals surface area contributed by atoms with Crippen molar-refractivity contribution in [1.82, 2.24) is 4.98 Å². The molecule has 0 amide bonds. The number of ketones is 1. The first-order valence-corrected chi connectivity index (χ1v) is 5.17. The van der Waals surface area contributed by atoms with Gasteiger partial charge in [-0.1, -0.05) is 0 Å². The summed E-state index contributed by atoms with van der Waals surface area (Å²) >= 11 is 0. The van der Waals surface area contributed by atoms with E-state index in [9.17, 15) is 9.18 Å². The molecule has 0 spiro atoms. The summed E-state index contributed by atoms with van der Waals surface area (Å²) in [4.78, 5) is 17.2. The lowest BCUT2D eigenvalue weighted by molar-refractivity contribution is 0.101. The fourth-order valence-electron chi connectivity index (χ4n) is 1.75. The van der Waals surface area contributed by atoms with E-state index in [-0.39, 0.29) is 5.78 Å². The molecule has 0 radical (unpaired) electrons. The van der Waals surface area contributed by atoms with E-state index >= 15 is 0 Å². The van der Waals surface area contributed by atoms with Crippen LogP contribution in [0.2, 0.25) is 0 Å². The largest absolute Gasteiger partial charge is 0.378 e. The summed E-state index contributed by atoms with van der Waals surface area (Å²) in [5.74, 6) is -0.576. The molecule has 86 valence electrons. The monoisotopic (exact) mass is 224 g/mol. The summed E-state index contributed by atoms with van der Waals surface area (Å²) in [5, 5.41) is 0.